The van der Waals surface area contributed by atoms with Crippen molar-refractivity contribution >= 4 is 11.6 Å². The predicted octanol–water partition coefficient (Wildman–Crippen LogP) is 1.13. The molecule has 18 heavy (non-hydrogen) atoms. The summed E-state index contributed by atoms with van der Waals surface area (Å²) in [7, 11) is 0. The van der Waals surface area contributed by atoms with Gasteiger partial charge in [-0.1, -0.05) is 6.07 Å². The van der Waals surface area contributed by atoms with E-state index < -0.39 is 0 Å². The SMILES string of the molecule is NCc1ccc(N2CCCCC2C(N)=O)cc1F. The molecule has 0 saturated carbocycles. The number of nitrogens with two attached hydrogens (primary N) is 2. The first-order chi connectivity index (χ1) is 8.63. The van der Waals surface area contributed by atoms with Crippen molar-refractivity contribution in [1.82, 2.24) is 0 Å². The number of hydrogen-bond acceptors (Lipinski definition) is 3. The third kappa shape index (κ3) is 2.46. The van der Waals surface area contributed by atoms with E-state index in [0.717, 1.165) is 25.8 Å². The summed E-state index contributed by atoms with van der Waals surface area (Å²) in [6.45, 7) is 0.903. The van der Waals surface area contributed by atoms with Gasteiger partial charge in [0.25, 0.3) is 0 Å². The van der Waals surface area contributed by atoms with Gasteiger partial charge in [-0.3, -0.25) is 4.79 Å². The number of halogens is 1. The maximum absolute atomic E-state index is 13.7. The molecule has 1 aliphatic rings. The van der Waals surface area contributed by atoms with Gasteiger partial charge in [-0.05, 0) is 31.4 Å². The summed E-state index contributed by atoms with van der Waals surface area (Å²) in [6, 6.07) is 4.56. The lowest BCUT2D eigenvalue weighted by atomic mass is 10.0. The average molecular weight is 251 g/mol. The molecule has 0 radical (unpaired) electrons. The van der Waals surface area contributed by atoms with Gasteiger partial charge < -0.3 is 16.4 Å². The van der Waals surface area contributed by atoms with Crippen LogP contribution < -0.4 is 16.4 Å². The first-order valence-electron chi connectivity index (χ1n) is 6.18. The van der Waals surface area contributed by atoms with Crippen LogP contribution in [0.5, 0.6) is 0 Å². The van der Waals surface area contributed by atoms with E-state index in [2.05, 4.69) is 0 Å². The van der Waals surface area contributed by atoms with Crippen molar-refractivity contribution in [2.45, 2.75) is 31.8 Å². The third-order valence-corrected chi connectivity index (χ3v) is 3.42. The zero-order valence-corrected chi connectivity index (χ0v) is 10.2. The highest BCUT2D eigenvalue weighted by Crippen LogP contribution is 2.26. The lowest BCUT2D eigenvalue weighted by Crippen LogP contribution is -2.47. The summed E-state index contributed by atoms with van der Waals surface area (Å²) in [6.07, 6.45) is 2.70. The van der Waals surface area contributed by atoms with Crippen LogP contribution in [0.1, 0.15) is 24.8 Å². The van der Waals surface area contributed by atoms with Crippen LogP contribution in [-0.2, 0) is 11.3 Å². The van der Waals surface area contributed by atoms with Gasteiger partial charge in [-0.25, -0.2) is 4.39 Å². The van der Waals surface area contributed by atoms with E-state index in [1.165, 1.54) is 6.07 Å². The number of benzene rings is 1. The Labute approximate surface area is 106 Å². The van der Waals surface area contributed by atoms with Crippen LogP contribution in [-0.4, -0.2) is 18.5 Å². The average Bonchev–Trinajstić information content (AvgIpc) is 2.38. The quantitative estimate of drug-likeness (QED) is 0.845. The van der Waals surface area contributed by atoms with Crippen molar-refractivity contribution in [3.8, 4) is 0 Å². The summed E-state index contributed by atoms with van der Waals surface area (Å²) in [5.74, 6) is -0.679. The van der Waals surface area contributed by atoms with Gasteiger partial charge in [0.1, 0.15) is 11.9 Å². The summed E-state index contributed by atoms with van der Waals surface area (Å²) < 4.78 is 13.7. The standard InChI is InChI=1S/C13H18FN3O/c14-11-7-10(5-4-9(11)8-15)17-6-2-1-3-12(17)13(16)18/h4-5,7,12H,1-3,6,8,15H2,(H2,16,18). The molecule has 0 aliphatic carbocycles. The van der Waals surface area contributed by atoms with Crippen LogP contribution in [0.15, 0.2) is 18.2 Å². The minimum atomic E-state index is -0.349. The van der Waals surface area contributed by atoms with Gasteiger partial charge in [-0.2, -0.15) is 0 Å². The Kier molecular flexibility index (Phi) is 3.81. The topological polar surface area (TPSA) is 72.3 Å². The lowest BCUT2D eigenvalue weighted by Gasteiger charge is -2.35. The van der Waals surface area contributed by atoms with Gasteiger partial charge >= 0.3 is 0 Å². The number of hydrogen-bond donors (Lipinski definition) is 2. The zero-order valence-electron chi connectivity index (χ0n) is 10.2. The minimum Gasteiger partial charge on any atom is -0.368 e. The van der Waals surface area contributed by atoms with Crippen molar-refractivity contribution < 1.29 is 9.18 Å². The van der Waals surface area contributed by atoms with Gasteiger partial charge in [-0.15, -0.1) is 0 Å². The molecule has 2 rings (SSSR count). The van der Waals surface area contributed by atoms with E-state index in [4.69, 9.17) is 11.5 Å². The molecule has 98 valence electrons. The van der Waals surface area contributed by atoms with Gasteiger partial charge in [0.05, 0.1) is 0 Å². The molecule has 0 aromatic heterocycles. The fraction of sp³-hybridized carbons (Fsp3) is 0.462. The van der Waals surface area contributed by atoms with E-state index in [1.807, 2.05) is 4.90 Å². The Hall–Kier alpha value is -1.62. The largest absolute Gasteiger partial charge is 0.368 e. The normalized spacial score (nSPS) is 19.9. The number of carbonyl (C=O) groups excluding carboxylic acids is 1. The highest BCUT2D eigenvalue weighted by molar-refractivity contribution is 5.83. The molecule has 0 bridgehead atoms. The van der Waals surface area contributed by atoms with Gasteiger partial charge in [0.15, 0.2) is 0 Å². The van der Waals surface area contributed by atoms with Crippen molar-refractivity contribution in [3.63, 3.8) is 0 Å². The Morgan fingerprint density at radius 1 is 1.44 bits per heavy atom. The molecule has 0 spiro atoms. The van der Waals surface area contributed by atoms with Crippen molar-refractivity contribution in [1.29, 1.82) is 0 Å². The van der Waals surface area contributed by atoms with Crippen LogP contribution in [0.2, 0.25) is 0 Å². The molecular weight excluding hydrogens is 233 g/mol. The number of rotatable bonds is 3. The molecule has 1 aliphatic heterocycles. The second kappa shape index (κ2) is 5.35. The maximum Gasteiger partial charge on any atom is 0.240 e. The van der Waals surface area contributed by atoms with Crippen molar-refractivity contribution in [3.05, 3.63) is 29.6 Å². The summed E-state index contributed by atoms with van der Waals surface area (Å²) in [5.41, 5.74) is 12.0. The monoisotopic (exact) mass is 251 g/mol. The predicted molar refractivity (Wildman–Crippen MR) is 68.5 cm³/mol. The van der Waals surface area contributed by atoms with Crippen LogP contribution >= 0.6 is 0 Å². The first kappa shape index (κ1) is 12.8. The molecule has 1 atom stereocenters. The van der Waals surface area contributed by atoms with E-state index in [9.17, 15) is 9.18 Å². The van der Waals surface area contributed by atoms with Gasteiger partial charge in [0.2, 0.25) is 5.91 Å². The summed E-state index contributed by atoms with van der Waals surface area (Å²) >= 11 is 0. The number of piperidine rings is 1. The molecule has 1 unspecified atom stereocenters. The Morgan fingerprint density at radius 2 is 2.22 bits per heavy atom. The molecule has 4 N–H and O–H groups in total. The van der Waals surface area contributed by atoms with E-state index in [-0.39, 0.29) is 24.3 Å². The number of primary amides is 1. The number of carbonyl (C=O) groups is 1. The first-order valence-corrected chi connectivity index (χ1v) is 6.18. The van der Waals surface area contributed by atoms with Crippen LogP contribution in [0.3, 0.4) is 0 Å². The Balaban J connectivity index is 2.28. The number of nitrogens with zero attached hydrogens (tertiary/aromatic N) is 1. The van der Waals surface area contributed by atoms with Gasteiger partial charge in [0, 0.05) is 24.3 Å². The Morgan fingerprint density at radius 3 is 2.83 bits per heavy atom. The molecule has 1 amide bonds. The highest BCUT2D eigenvalue weighted by Gasteiger charge is 2.27. The zero-order chi connectivity index (χ0) is 13.1. The summed E-state index contributed by atoms with van der Waals surface area (Å²) in [5, 5.41) is 0. The van der Waals surface area contributed by atoms with Crippen molar-refractivity contribution in [2.24, 2.45) is 11.5 Å². The maximum atomic E-state index is 13.7. The third-order valence-electron chi connectivity index (χ3n) is 3.42. The molecular formula is C13H18FN3O. The fourth-order valence-corrected chi connectivity index (χ4v) is 2.42. The second-order valence-corrected chi connectivity index (χ2v) is 4.59. The molecule has 5 heteroatoms. The number of amides is 1. The highest BCUT2D eigenvalue weighted by atomic mass is 19.1. The van der Waals surface area contributed by atoms with Crippen LogP contribution in [0, 0.1) is 5.82 Å². The molecule has 1 aromatic carbocycles. The van der Waals surface area contributed by atoms with E-state index in [0.29, 0.717) is 11.3 Å². The Bertz CT molecular complexity index is 450. The minimum absolute atomic E-state index is 0.172. The second-order valence-electron chi connectivity index (χ2n) is 4.59. The molecule has 1 fully saturated rings. The molecule has 1 heterocycles. The van der Waals surface area contributed by atoms with E-state index in [1.54, 1.807) is 12.1 Å². The van der Waals surface area contributed by atoms with Crippen LogP contribution in [0.25, 0.3) is 0 Å². The summed E-state index contributed by atoms with van der Waals surface area (Å²) in [4.78, 5) is 13.3. The molecule has 1 saturated heterocycles. The molecule has 1 aromatic rings. The van der Waals surface area contributed by atoms with Crippen molar-refractivity contribution in [2.75, 3.05) is 11.4 Å². The number of anilines is 1. The van der Waals surface area contributed by atoms with Crippen LogP contribution in [0.4, 0.5) is 10.1 Å². The lowest BCUT2D eigenvalue weighted by molar-refractivity contribution is -0.119. The molecule has 4 nitrogen and oxygen atoms in total. The fourth-order valence-electron chi connectivity index (χ4n) is 2.42. The smallest absolute Gasteiger partial charge is 0.240 e. The van der Waals surface area contributed by atoms with E-state index >= 15 is 0 Å².